The highest BCUT2D eigenvalue weighted by Crippen LogP contribution is 1.80. The maximum absolute atomic E-state index is 5.15. The van der Waals surface area contributed by atoms with Gasteiger partial charge >= 0.3 is 0 Å². The van der Waals surface area contributed by atoms with Crippen LogP contribution >= 0.6 is 12.9 Å². The third kappa shape index (κ3) is 8.11. The maximum Gasteiger partial charge on any atom is 0.0855 e. The van der Waals surface area contributed by atoms with Gasteiger partial charge in [-0.1, -0.05) is 0 Å². The van der Waals surface area contributed by atoms with Crippen LogP contribution in [0.5, 0.6) is 0 Å². The molecule has 0 atom stereocenters. The van der Waals surface area contributed by atoms with Crippen LogP contribution in [0.4, 0.5) is 0 Å². The van der Waals surface area contributed by atoms with Gasteiger partial charge in [-0.05, 0) is 18.6 Å². The Morgan fingerprint density at radius 3 is 2.80 bits per heavy atom. The molecule has 0 spiro atoms. The van der Waals surface area contributed by atoms with Gasteiger partial charge in [-0.2, -0.15) is 0 Å². The normalized spacial score (nSPS) is 10.2. The van der Waals surface area contributed by atoms with E-state index in [-0.39, 0.29) is 0 Å². The molecule has 62 valence electrons. The summed E-state index contributed by atoms with van der Waals surface area (Å²) in [6, 6.07) is 0. The van der Waals surface area contributed by atoms with Crippen LogP contribution in [0.15, 0.2) is 0 Å². The van der Waals surface area contributed by atoms with Crippen LogP contribution < -0.4 is 11.4 Å². The molecule has 0 bridgehead atoms. The predicted octanol–water partition coefficient (Wildman–Crippen LogP) is -0.504. The first-order chi connectivity index (χ1) is 4.91. The van der Waals surface area contributed by atoms with Crippen molar-refractivity contribution in [3.8, 4) is 0 Å². The van der Waals surface area contributed by atoms with E-state index in [0.717, 1.165) is 0 Å². The summed E-state index contributed by atoms with van der Waals surface area (Å²) in [6.45, 7) is 0.937. The van der Waals surface area contributed by atoms with Gasteiger partial charge in [0.15, 0.2) is 0 Å². The second kappa shape index (κ2) is 9.11. The van der Waals surface area contributed by atoms with E-state index in [0.29, 0.717) is 19.6 Å². The minimum absolute atomic E-state index is 0.388. The van der Waals surface area contributed by atoms with E-state index in [1.165, 1.54) is 0 Å². The third-order valence-corrected chi connectivity index (χ3v) is 0.671. The van der Waals surface area contributed by atoms with Crippen molar-refractivity contribution in [1.29, 1.82) is 0 Å². The van der Waals surface area contributed by atoms with Crippen LogP contribution in [0.25, 0.3) is 0 Å². The Labute approximate surface area is 63.9 Å². The third-order valence-electron chi connectivity index (χ3n) is 0.596. The minimum atomic E-state index is 0.388. The number of thiol groups is 1. The summed E-state index contributed by atoms with van der Waals surface area (Å²) < 4.78 is 3.80. The zero-order valence-corrected chi connectivity index (χ0v) is 6.17. The first-order valence-electron chi connectivity index (χ1n) is 2.62. The molecule has 0 aliphatic rings. The van der Waals surface area contributed by atoms with Crippen LogP contribution in [-0.2, 0) is 19.2 Å². The number of nitrogens with two attached hydrogens (primary N) is 1. The van der Waals surface area contributed by atoms with E-state index in [2.05, 4.69) is 32.1 Å². The molecule has 0 saturated heterocycles. The van der Waals surface area contributed by atoms with Gasteiger partial charge in [-0.15, -0.1) is 14.3 Å². The van der Waals surface area contributed by atoms with Crippen molar-refractivity contribution in [2.45, 2.75) is 6.42 Å². The fraction of sp³-hybridized carbons (Fsp3) is 1.00. The van der Waals surface area contributed by atoms with Gasteiger partial charge in [-0.25, -0.2) is 4.89 Å². The fourth-order valence-corrected chi connectivity index (χ4v) is 0.268. The SMILES string of the molecule is NCCCOONOOS. The molecule has 6 nitrogen and oxygen atoms in total. The Balaban J connectivity index is 2.65. The summed E-state index contributed by atoms with van der Waals surface area (Å²) in [4.78, 5) is 12.6. The molecule has 0 rings (SSSR count). The van der Waals surface area contributed by atoms with Gasteiger partial charge in [0.1, 0.15) is 0 Å². The molecule has 0 aromatic heterocycles. The molecular formula is C3H10N2O4S. The highest BCUT2D eigenvalue weighted by molar-refractivity contribution is 7.74. The molecule has 0 aliphatic carbocycles. The summed E-state index contributed by atoms with van der Waals surface area (Å²) in [5.74, 6) is 0. The van der Waals surface area contributed by atoms with E-state index in [9.17, 15) is 0 Å². The van der Waals surface area contributed by atoms with Crippen LogP contribution in [0.2, 0.25) is 0 Å². The van der Waals surface area contributed by atoms with Gasteiger partial charge < -0.3 is 5.73 Å². The van der Waals surface area contributed by atoms with Gasteiger partial charge in [0.25, 0.3) is 0 Å². The van der Waals surface area contributed by atoms with Crippen LogP contribution in [0.1, 0.15) is 6.42 Å². The molecule has 0 unspecified atom stereocenters. The van der Waals surface area contributed by atoms with Gasteiger partial charge in [-0.3, -0.25) is 0 Å². The van der Waals surface area contributed by atoms with Crippen molar-refractivity contribution in [3.05, 3.63) is 0 Å². The van der Waals surface area contributed by atoms with Crippen molar-refractivity contribution in [2.75, 3.05) is 13.2 Å². The Kier molecular flexibility index (Phi) is 9.21. The zero-order valence-electron chi connectivity index (χ0n) is 5.28. The summed E-state index contributed by atoms with van der Waals surface area (Å²) in [5, 5.41) is 0. The lowest BCUT2D eigenvalue weighted by Crippen LogP contribution is -2.15. The number of hydrogen-bond donors (Lipinski definition) is 3. The van der Waals surface area contributed by atoms with Crippen molar-refractivity contribution < 1.29 is 19.2 Å². The molecule has 10 heavy (non-hydrogen) atoms. The Morgan fingerprint density at radius 1 is 1.40 bits per heavy atom. The molecule has 0 aromatic carbocycles. The Bertz CT molecular complexity index is 58.5. The topological polar surface area (TPSA) is 75.0 Å². The van der Waals surface area contributed by atoms with E-state index >= 15 is 0 Å². The lowest BCUT2D eigenvalue weighted by Gasteiger charge is -2.00. The molecule has 7 heteroatoms. The van der Waals surface area contributed by atoms with E-state index in [4.69, 9.17) is 5.73 Å². The monoisotopic (exact) mass is 170 g/mol. The lowest BCUT2D eigenvalue weighted by molar-refractivity contribution is -0.455. The maximum atomic E-state index is 5.15. The lowest BCUT2D eigenvalue weighted by atomic mass is 10.5. The standard InChI is InChI=1S/C3H10N2O4S/c4-2-1-3-6-7-5-8-9-10/h5,10H,1-4H2. The number of nitrogens with one attached hydrogen (secondary N) is 1. The average Bonchev–Trinajstić information content (AvgIpc) is 1.97. The average molecular weight is 170 g/mol. The first-order valence-corrected chi connectivity index (χ1v) is 2.99. The van der Waals surface area contributed by atoms with Crippen molar-refractivity contribution in [1.82, 2.24) is 5.64 Å². The van der Waals surface area contributed by atoms with Crippen molar-refractivity contribution >= 4 is 12.9 Å². The highest BCUT2D eigenvalue weighted by atomic mass is 32.1. The van der Waals surface area contributed by atoms with Crippen molar-refractivity contribution in [3.63, 3.8) is 0 Å². The zero-order chi connectivity index (χ0) is 7.66. The molecule has 3 N–H and O–H groups in total. The molecule has 0 heterocycles. The second-order valence-corrected chi connectivity index (χ2v) is 1.44. The van der Waals surface area contributed by atoms with Crippen LogP contribution in [0.3, 0.4) is 0 Å². The first kappa shape index (κ1) is 10.1. The second-order valence-electron chi connectivity index (χ2n) is 1.29. The van der Waals surface area contributed by atoms with Gasteiger partial charge in [0, 0.05) is 12.9 Å². The van der Waals surface area contributed by atoms with Crippen LogP contribution in [-0.4, -0.2) is 13.2 Å². The fourth-order valence-electron chi connectivity index (χ4n) is 0.237. The molecule has 0 aliphatic heterocycles. The molecule has 0 saturated carbocycles. The Hall–Kier alpha value is 0.110. The quantitative estimate of drug-likeness (QED) is 0.157. The van der Waals surface area contributed by atoms with Crippen LogP contribution in [0, 0.1) is 0 Å². The highest BCUT2D eigenvalue weighted by Gasteiger charge is 1.86. The number of rotatable bonds is 7. The summed E-state index contributed by atoms with van der Waals surface area (Å²) >= 11 is 3.22. The minimum Gasteiger partial charge on any atom is -0.330 e. The van der Waals surface area contributed by atoms with E-state index in [1.54, 1.807) is 0 Å². The van der Waals surface area contributed by atoms with Gasteiger partial charge in [0.05, 0.1) is 6.61 Å². The molecule has 0 radical (unpaired) electrons. The van der Waals surface area contributed by atoms with Gasteiger partial charge in [0.2, 0.25) is 0 Å². The Morgan fingerprint density at radius 2 is 2.20 bits per heavy atom. The smallest absolute Gasteiger partial charge is 0.0855 e. The van der Waals surface area contributed by atoms with E-state index < -0.39 is 0 Å². The summed E-state index contributed by atoms with van der Waals surface area (Å²) in [5.41, 5.74) is 6.98. The molecule has 0 aromatic rings. The molecule has 0 amide bonds. The largest absolute Gasteiger partial charge is 0.330 e. The predicted molar refractivity (Wildman–Crippen MR) is 35.0 cm³/mol. The molecule has 0 fully saturated rings. The van der Waals surface area contributed by atoms with Crippen molar-refractivity contribution in [2.24, 2.45) is 5.73 Å². The summed E-state index contributed by atoms with van der Waals surface area (Å²) in [7, 11) is 0. The number of hydrogen-bond acceptors (Lipinski definition) is 7. The summed E-state index contributed by atoms with van der Waals surface area (Å²) in [6.07, 6.45) is 0.712. The molecular weight excluding hydrogens is 160 g/mol. The van der Waals surface area contributed by atoms with E-state index in [1.807, 2.05) is 5.64 Å².